The van der Waals surface area contributed by atoms with Crippen molar-refractivity contribution in [3.05, 3.63) is 59.2 Å². The van der Waals surface area contributed by atoms with E-state index in [-0.39, 0.29) is 11.8 Å². The maximum atomic E-state index is 12.3. The van der Waals surface area contributed by atoms with Crippen LogP contribution in [0.2, 0.25) is 0 Å². The van der Waals surface area contributed by atoms with Crippen molar-refractivity contribution in [1.82, 2.24) is 0 Å². The van der Waals surface area contributed by atoms with Crippen molar-refractivity contribution in [1.29, 1.82) is 0 Å². The van der Waals surface area contributed by atoms with Gasteiger partial charge in [-0.15, -0.1) is 0 Å². The first-order chi connectivity index (χ1) is 9.49. The summed E-state index contributed by atoms with van der Waals surface area (Å²) < 4.78 is 0. The molecule has 0 radical (unpaired) electrons. The highest BCUT2D eigenvalue weighted by Gasteiger charge is 2.16. The Balaban J connectivity index is 2.18. The summed E-state index contributed by atoms with van der Waals surface area (Å²) in [5, 5.41) is 2.91. The molecule has 1 amide bonds. The number of carbonyl (C=O) groups excluding carboxylic acids is 1. The third-order valence-electron chi connectivity index (χ3n) is 3.62. The van der Waals surface area contributed by atoms with Gasteiger partial charge < -0.3 is 11.1 Å². The number of amides is 1. The second-order valence-electron chi connectivity index (χ2n) is 5.15. The summed E-state index contributed by atoms with van der Waals surface area (Å²) in [4.78, 5) is 12.3. The molecule has 20 heavy (non-hydrogen) atoms. The second kappa shape index (κ2) is 5.78. The molecule has 0 aliphatic rings. The molecular formula is C17H20N2O. The molecule has 0 aliphatic carbocycles. The number of aryl methyl sites for hydroxylation is 2. The zero-order chi connectivity index (χ0) is 14.7. The van der Waals surface area contributed by atoms with Gasteiger partial charge in [-0.1, -0.05) is 30.3 Å². The standard InChI is InChI=1S/C17H20N2O/c1-11-9-15(18)16(10-12(11)2)19-17(20)13(3)14-7-5-4-6-8-14/h4-10,13H,18H2,1-3H3,(H,19,20). The smallest absolute Gasteiger partial charge is 0.231 e. The fourth-order valence-corrected chi connectivity index (χ4v) is 2.08. The average molecular weight is 268 g/mol. The van der Waals surface area contributed by atoms with Crippen LogP contribution in [-0.4, -0.2) is 5.91 Å². The quantitative estimate of drug-likeness (QED) is 0.835. The van der Waals surface area contributed by atoms with Gasteiger partial charge in [-0.3, -0.25) is 4.79 Å². The third kappa shape index (κ3) is 2.99. The van der Waals surface area contributed by atoms with Gasteiger partial charge in [0, 0.05) is 0 Å². The normalized spacial score (nSPS) is 11.9. The van der Waals surface area contributed by atoms with Crippen molar-refractivity contribution in [2.45, 2.75) is 26.7 Å². The minimum atomic E-state index is -0.211. The highest BCUT2D eigenvalue weighted by atomic mass is 16.1. The van der Waals surface area contributed by atoms with Crippen LogP contribution >= 0.6 is 0 Å². The molecule has 2 aromatic rings. The largest absolute Gasteiger partial charge is 0.397 e. The molecule has 2 aromatic carbocycles. The van der Waals surface area contributed by atoms with Crippen LogP contribution in [0.5, 0.6) is 0 Å². The van der Waals surface area contributed by atoms with E-state index in [4.69, 9.17) is 5.73 Å². The zero-order valence-corrected chi connectivity index (χ0v) is 12.1. The minimum Gasteiger partial charge on any atom is -0.397 e. The van der Waals surface area contributed by atoms with E-state index in [1.165, 1.54) is 0 Å². The van der Waals surface area contributed by atoms with E-state index in [0.717, 1.165) is 16.7 Å². The first-order valence-electron chi connectivity index (χ1n) is 6.71. The summed E-state index contributed by atoms with van der Waals surface area (Å²) in [6.07, 6.45) is 0. The van der Waals surface area contributed by atoms with Crippen LogP contribution in [-0.2, 0) is 4.79 Å². The van der Waals surface area contributed by atoms with Gasteiger partial charge in [-0.25, -0.2) is 0 Å². The SMILES string of the molecule is Cc1cc(N)c(NC(=O)C(C)c2ccccc2)cc1C. The number of carbonyl (C=O) groups is 1. The molecule has 0 saturated carbocycles. The molecule has 3 heteroatoms. The Bertz CT molecular complexity index is 620. The van der Waals surface area contributed by atoms with Crippen molar-refractivity contribution >= 4 is 17.3 Å². The fourth-order valence-electron chi connectivity index (χ4n) is 2.08. The van der Waals surface area contributed by atoms with E-state index < -0.39 is 0 Å². The molecule has 0 spiro atoms. The van der Waals surface area contributed by atoms with Crippen LogP contribution in [0.15, 0.2) is 42.5 Å². The molecule has 2 rings (SSSR count). The Morgan fingerprint density at radius 3 is 2.35 bits per heavy atom. The molecule has 0 saturated heterocycles. The second-order valence-corrected chi connectivity index (χ2v) is 5.15. The van der Waals surface area contributed by atoms with E-state index >= 15 is 0 Å². The van der Waals surface area contributed by atoms with E-state index in [1.54, 1.807) is 0 Å². The van der Waals surface area contributed by atoms with Crippen LogP contribution in [0.4, 0.5) is 11.4 Å². The van der Waals surface area contributed by atoms with Crippen LogP contribution in [0.1, 0.15) is 29.5 Å². The third-order valence-corrected chi connectivity index (χ3v) is 3.62. The van der Waals surface area contributed by atoms with Gasteiger partial charge in [0.1, 0.15) is 0 Å². The maximum Gasteiger partial charge on any atom is 0.231 e. The molecule has 0 bridgehead atoms. The number of anilines is 2. The van der Waals surface area contributed by atoms with E-state index in [1.807, 2.05) is 63.2 Å². The van der Waals surface area contributed by atoms with Gasteiger partial charge in [-0.2, -0.15) is 0 Å². The Hall–Kier alpha value is -2.29. The summed E-state index contributed by atoms with van der Waals surface area (Å²) in [5.74, 6) is -0.261. The van der Waals surface area contributed by atoms with Crippen molar-refractivity contribution in [3.8, 4) is 0 Å². The van der Waals surface area contributed by atoms with Gasteiger partial charge >= 0.3 is 0 Å². The van der Waals surface area contributed by atoms with Gasteiger partial charge in [0.2, 0.25) is 5.91 Å². The molecule has 0 aliphatic heterocycles. The number of hydrogen-bond acceptors (Lipinski definition) is 2. The van der Waals surface area contributed by atoms with Crippen LogP contribution in [0.3, 0.4) is 0 Å². The predicted octanol–water partition coefficient (Wildman–Crippen LogP) is 3.63. The lowest BCUT2D eigenvalue weighted by Crippen LogP contribution is -2.19. The van der Waals surface area contributed by atoms with Gasteiger partial charge in [0.25, 0.3) is 0 Å². The molecule has 3 N–H and O–H groups in total. The van der Waals surface area contributed by atoms with Gasteiger partial charge in [-0.05, 0) is 49.6 Å². The maximum absolute atomic E-state index is 12.3. The molecule has 0 aromatic heterocycles. The van der Waals surface area contributed by atoms with Crippen molar-refractivity contribution in [3.63, 3.8) is 0 Å². The number of nitrogen functional groups attached to an aromatic ring is 1. The molecular weight excluding hydrogens is 248 g/mol. The lowest BCUT2D eigenvalue weighted by Gasteiger charge is -2.15. The molecule has 0 heterocycles. The summed E-state index contributed by atoms with van der Waals surface area (Å²) in [5.41, 5.74) is 10.5. The highest BCUT2D eigenvalue weighted by Crippen LogP contribution is 2.25. The lowest BCUT2D eigenvalue weighted by molar-refractivity contribution is -0.117. The molecule has 1 unspecified atom stereocenters. The number of benzene rings is 2. The topological polar surface area (TPSA) is 55.1 Å². The molecule has 104 valence electrons. The summed E-state index contributed by atoms with van der Waals surface area (Å²) in [6, 6.07) is 13.5. The number of nitrogens with two attached hydrogens (primary N) is 1. The lowest BCUT2D eigenvalue weighted by atomic mass is 10.00. The molecule has 3 nitrogen and oxygen atoms in total. The molecule has 0 fully saturated rings. The number of rotatable bonds is 3. The Labute approximate surface area is 119 Å². The van der Waals surface area contributed by atoms with Gasteiger partial charge in [0.15, 0.2) is 0 Å². The van der Waals surface area contributed by atoms with Crippen LogP contribution in [0.25, 0.3) is 0 Å². The fraction of sp³-hybridized carbons (Fsp3) is 0.235. The average Bonchev–Trinajstić information content (AvgIpc) is 2.44. The van der Waals surface area contributed by atoms with E-state index in [2.05, 4.69) is 5.32 Å². The van der Waals surface area contributed by atoms with E-state index in [9.17, 15) is 4.79 Å². The summed E-state index contributed by atoms with van der Waals surface area (Å²) in [7, 11) is 0. The van der Waals surface area contributed by atoms with Crippen molar-refractivity contribution in [2.24, 2.45) is 0 Å². The van der Waals surface area contributed by atoms with Crippen molar-refractivity contribution in [2.75, 3.05) is 11.1 Å². The summed E-state index contributed by atoms with van der Waals surface area (Å²) in [6.45, 7) is 5.90. The first-order valence-corrected chi connectivity index (χ1v) is 6.71. The van der Waals surface area contributed by atoms with Crippen LogP contribution < -0.4 is 11.1 Å². The van der Waals surface area contributed by atoms with E-state index in [0.29, 0.717) is 11.4 Å². The monoisotopic (exact) mass is 268 g/mol. The molecule has 1 atom stereocenters. The summed E-state index contributed by atoms with van der Waals surface area (Å²) >= 11 is 0. The number of nitrogens with one attached hydrogen (secondary N) is 1. The first kappa shape index (κ1) is 14.1. The number of hydrogen-bond donors (Lipinski definition) is 2. The Kier molecular flexibility index (Phi) is 4.08. The highest BCUT2D eigenvalue weighted by molar-refractivity contribution is 5.98. The zero-order valence-electron chi connectivity index (χ0n) is 12.1. The minimum absolute atomic E-state index is 0.0499. The van der Waals surface area contributed by atoms with Crippen molar-refractivity contribution < 1.29 is 4.79 Å². The Morgan fingerprint density at radius 1 is 1.10 bits per heavy atom. The predicted molar refractivity (Wildman–Crippen MR) is 83.8 cm³/mol. The van der Waals surface area contributed by atoms with Gasteiger partial charge in [0.05, 0.1) is 17.3 Å². The van der Waals surface area contributed by atoms with Crippen LogP contribution in [0, 0.1) is 13.8 Å². The Morgan fingerprint density at radius 2 is 1.70 bits per heavy atom.